The lowest BCUT2D eigenvalue weighted by molar-refractivity contribution is -0.0498. The minimum absolute atomic E-state index is 0.0626. The van der Waals surface area contributed by atoms with Crippen molar-refractivity contribution in [2.45, 2.75) is 19.1 Å². The molecule has 0 radical (unpaired) electrons. The number of benzene rings is 2. The monoisotopic (exact) mass is 411 g/mol. The van der Waals surface area contributed by atoms with Gasteiger partial charge in [-0.1, -0.05) is 30.3 Å². The predicted molar refractivity (Wildman–Crippen MR) is 106 cm³/mol. The Hall–Kier alpha value is -3.59. The Balaban J connectivity index is 1.54. The largest absolute Gasteiger partial charge is 0.476 e. The van der Waals surface area contributed by atoms with Crippen LogP contribution in [0, 0.1) is 0 Å². The van der Waals surface area contributed by atoms with Crippen molar-refractivity contribution in [2.75, 3.05) is 6.61 Å². The van der Waals surface area contributed by atoms with Crippen LogP contribution in [0.25, 0.3) is 17.0 Å². The molecule has 2 heterocycles. The van der Waals surface area contributed by atoms with Crippen LogP contribution in [0.3, 0.4) is 0 Å². The molecule has 0 bridgehead atoms. The highest BCUT2D eigenvalue weighted by atomic mass is 19.3. The second kappa shape index (κ2) is 8.83. The van der Waals surface area contributed by atoms with Gasteiger partial charge in [0.05, 0.1) is 12.4 Å². The van der Waals surface area contributed by atoms with Crippen molar-refractivity contribution >= 4 is 5.65 Å². The van der Waals surface area contributed by atoms with E-state index in [9.17, 15) is 8.78 Å². The highest BCUT2D eigenvalue weighted by Crippen LogP contribution is 2.25. The van der Waals surface area contributed by atoms with Gasteiger partial charge in [0.25, 0.3) is 0 Å². The number of alkyl halides is 2. The fourth-order valence-corrected chi connectivity index (χ4v) is 3.07. The van der Waals surface area contributed by atoms with Crippen molar-refractivity contribution in [2.24, 2.45) is 5.73 Å². The van der Waals surface area contributed by atoms with Gasteiger partial charge in [0.2, 0.25) is 5.88 Å². The van der Waals surface area contributed by atoms with Gasteiger partial charge in [-0.15, -0.1) is 10.2 Å². The molecule has 0 unspecified atom stereocenters. The fraction of sp³-hybridized carbons (Fsp3) is 0.190. The van der Waals surface area contributed by atoms with Gasteiger partial charge in [0, 0.05) is 11.6 Å². The Morgan fingerprint density at radius 2 is 1.73 bits per heavy atom. The van der Waals surface area contributed by atoms with Crippen molar-refractivity contribution in [3.05, 3.63) is 72.6 Å². The van der Waals surface area contributed by atoms with Gasteiger partial charge in [-0.3, -0.25) is 4.98 Å². The van der Waals surface area contributed by atoms with Crippen LogP contribution in [-0.2, 0) is 6.42 Å². The first-order chi connectivity index (χ1) is 14.6. The summed E-state index contributed by atoms with van der Waals surface area (Å²) in [6.07, 6.45) is 3.79. The van der Waals surface area contributed by atoms with Crippen LogP contribution >= 0.6 is 0 Å². The van der Waals surface area contributed by atoms with Gasteiger partial charge in [0.15, 0.2) is 11.5 Å². The third-order valence-electron chi connectivity index (χ3n) is 4.41. The van der Waals surface area contributed by atoms with Crippen LogP contribution in [0.4, 0.5) is 8.78 Å². The van der Waals surface area contributed by atoms with Crippen molar-refractivity contribution in [1.82, 2.24) is 19.6 Å². The molecule has 1 atom stereocenters. The summed E-state index contributed by atoms with van der Waals surface area (Å²) < 4.78 is 36.7. The Morgan fingerprint density at radius 1 is 0.967 bits per heavy atom. The molecule has 30 heavy (non-hydrogen) atoms. The fourth-order valence-electron chi connectivity index (χ4n) is 3.07. The molecule has 4 rings (SSSR count). The van der Waals surface area contributed by atoms with Crippen LogP contribution in [0.15, 0.2) is 67.0 Å². The standard InChI is InChI=1S/C21H19F2N5O2/c22-21(23)30-17-8-6-15(7-9-17)20-27-26-18-11-25-12-19(28(18)20)29-13-16(24)10-14-4-2-1-3-5-14/h1-9,11-12,16,21H,10,13,24H2/t16-/m1/s1. The molecule has 2 aromatic heterocycles. The highest BCUT2D eigenvalue weighted by Gasteiger charge is 2.15. The third-order valence-corrected chi connectivity index (χ3v) is 4.41. The molecule has 0 saturated carbocycles. The van der Waals surface area contributed by atoms with E-state index >= 15 is 0 Å². The van der Waals surface area contributed by atoms with E-state index < -0.39 is 6.61 Å². The first-order valence-electron chi connectivity index (χ1n) is 9.27. The van der Waals surface area contributed by atoms with E-state index in [1.54, 1.807) is 28.9 Å². The molecule has 9 heteroatoms. The van der Waals surface area contributed by atoms with Crippen molar-refractivity contribution in [3.63, 3.8) is 0 Å². The van der Waals surface area contributed by atoms with Crippen molar-refractivity contribution in [1.29, 1.82) is 0 Å². The molecule has 154 valence electrons. The lowest BCUT2D eigenvalue weighted by atomic mass is 10.1. The maximum atomic E-state index is 12.4. The lowest BCUT2D eigenvalue weighted by Gasteiger charge is -2.14. The maximum Gasteiger partial charge on any atom is 0.387 e. The molecule has 2 N–H and O–H groups in total. The van der Waals surface area contributed by atoms with Gasteiger partial charge in [-0.25, -0.2) is 4.40 Å². The average molecular weight is 411 g/mol. The average Bonchev–Trinajstić information content (AvgIpc) is 3.18. The van der Waals surface area contributed by atoms with E-state index in [4.69, 9.17) is 10.5 Å². The van der Waals surface area contributed by atoms with Crippen molar-refractivity contribution < 1.29 is 18.3 Å². The number of hydrogen-bond donors (Lipinski definition) is 1. The van der Waals surface area contributed by atoms with Gasteiger partial charge in [0.1, 0.15) is 12.4 Å². The summed E-state index contributed by atoms with van der Waals surface area (Å²) in [6.45, 7) is -2.61. The van der Waals surface area contributed by atoms with E-state index in [2.05, 4.69) is 19.9 Å². The molecule has 0 aliphatic carbocycles. The molecule has 0 amide bonds. The van der Waals surface area contributed by atoms with Crippen LogP contribution in [0.1, 0.15) is 5.56 Å². The van der Waals surface area contributed by atoms with Crippen LogP contribution < -0.4 is 15.2 Å². The number of halogens is 2. The van der Waals surface area contributed by atoms with Gasteiger partial charge in [-0.05, 0) is 36.2 Å². The minimum Gasteiger partial charge on any atom is -0.476 e. The van der Waals surface area contributed by atoms with E-state index in [1.165, 1.54) is 12.1 Å². The Bertz CT molecular complexity index is 1100. The van der Waals surface area contributed by atoms with E-state index in [-0.39, 0.29) is 18.4 Å². The van der Waals surface area contributed by atoms with E-state index in [0.717, 1.165) is 5.56 Å². The van der Waals surface area contributed by atoms with Crippen LogP contribution in [0.5, 0.6) is 11.6 Å². The zero-order chi connectivity index (χ0) is 20.9. The molecule has 0 aliphatic rings. The highest BCUT2D eigenvalue weighted by molar-refractivity contribution is 5.61. The zero-order valence-electron chi connectivity index (χ0n) is 15.9. The maximum absolute atomic E-state index is 12.4. The van der Waals surface area contributed by atoms with Crippen molar-refractivity contribution in [3.8, 4) is 23.0 Å². The quantitative estimate of drug-likeness (QED) is 0.479. The number of nitrogens with zero attached hydrogens (tertiary/aromatic N) is 4. The second-order valence-electron chi connectivity index (χ2n) is 6.63. The van der Waals surface area contributed by atoms with Crippen LogP contribution in [0.2, 0.25) is 0 Å². The summed E-state index contributed by atoms with van der Waals surface area (Å²) >= 11 is 0. The number of nitrogens with two attached hydrogens (primary N) is 1. The number of aromatic nitrogens is 4. The predicted octanol–water partition coefficient (Wildman–Crippen LogP) is 3.34. The number of rotatable bonds is 8. The molecule has 2 aromatic carbocycles. The van der Waals surface area contributed by atoms with E-state index in [1.807, 2.05) is 30.3 Å². The SMILES string of the molecule is N[C@@H](COc1cncc2nnc(-c3ccc(OC(F)F)cc3)n12)Cc1ccccc1. The topological polar surface area (TPSA) is 87.6 Å². The first-order valence-corrected chi connectivity index (χ1v) is 9.27. The Kier molecular flexibility index (Phi) is 5.80. The first kappa shape index (κ1) is 19.7. The number of ether oxygens (including phenoxy) is 2. The van der Waals surface area contributed by atoms with E-state index in [0.29, 0.717) is 29.3 Å². The third kappa shape index (κ3) is 4.52. The molecular weight excluding hydrogens is 392 g/mol. The molecule has 0 fully saturated rings. The summed E-state index contributed by atoms with van der Waals surface area (Å²) in [7, 11) is 0. The molecular formula is C21H19F2N5O2. The normalized spacial score (nSPS) is 12.3. The molecule has 4 aromatic rings. The molecule has 0 saturated heterocycles. The smallest absolute Gasteiger partial charge is 0.387 e. The lowest BCUT2D eigenvalue weighted by Crippen LogP contribution is -2.30. The van der Waals surface area contributed by atoms with Crippen LogP contribution in [-0.4, -0.2) is 38.8 Å². The minimum atomic E-state index is -2.88. The summed E-state index contributed by atoms with van der Waals surface area (Å²) in [5.74, 6) is 0.985. The summed E-state index contributed by atoms with van der Waals surface area (Å²) in [5.41, 5.74) is 8.50. The summed E-state index contributed by atoms with van der Waals surface area (Å²) in [4.78, 5) is 4.14. The second-order valence-corrected chi connectivity index (χ2v) is 6.63. The zero-order valence-corrected chi connectivity index (χ0v) is 15.9. The summed E-state index contributed by atoms with van der Waals surface area (Å²) in [5, 5.41) is 8.29. The Labute approximate surface area is 171 Å². The van der Waals surface area contributed by atoms with Gasteiger partial charge in [-0.2, -0.15) is 8.78 Å². The molecule has 0 spiro atoms. The molecule has 0 aliphatic heterocycles. The number of hydrogen-bond acceptors (Lipinski definition) is 6. The Morgan fingerprint density at radius 3 is 2.47 bits per heavy atom. The van der Waals surface area contributed by atoms with Gasteiger partial charge < -0.3 is 15.2 Å². The summed E-state index contributed by atoms with van der Waals surface area (Å²) in [6, 6.07) is 15.8. The molecule has 7 nitrogen and oxygen atoms in total. The number of fused-ring (bicyclic) bond motifs is 1. The van der Waals surface area contributed by atoms with Gasteiger partial charge >= 0.3 is 6.61 Å².